The summed E-state index contributed by atoms with van der Waals surface area (Å²) in [6, 6.07) is 17.5. The lowest BCUT2D eigenvalue weighted by Crippen LogP contribution is -2.40. The predicted octanol–water partition coefficient (Wildman–Crippen LogP) is 5.43. The van der Waals surface area contributed by atoms with Crippen molar-refractivity contribution >= 4 is 21.8 Å². The molecule has 0 bridgehead atoms. The average Bonchev–Trinajstić information content (AvgIpc) is 2.83. The van der Waals surface area contributed by atoms with E-state index >= 15 is 0 Å². The molecule has 0 saturated carbocycles. The van der Waals surface area contributed by atoms with Crippen molar-refractivity contribution in [2.45, 2.75) is 37.8 Å². The van der Waals surface area contributed by atoms with Crippen molar-refractivity contribution in [3.05, 3.63) is 84.2 Å². The van der Waals surface area contributed by atoms with Gasteiger partial charge in [0.1, 0.15) is 22.2 Å². The molecular formula is C25H27FN2O5S. The third-order valence-electron chi connectivity index (χ3n) is 5.35. The van der Waals surface area contributed by atoms with Crippen molar-refractivity contribution in [2.75, 3.05) is 12.4 Å². The quantitative estimate of drug-likeness (QED) is 0.408. The molecule has 1 N–H and O–H groups in total. The van der Waals surface area contributed by atoms with Crippen LogP contribution in [0.2, 0.25) is 0 Å². The van der Waals surface area contributed by atoms with Crippen LogP contribution in [0.3, 0.4) is 0 Å². The number of amides is 2. The summed E-state index contributed by atoms with van der Waals surface area (Å²) in [5.74, 6) is 0.0592. The molecule has 0 saturated heterocycles. The number of carbonyl (C=O) groups excluding carboxylic acids is 1. The standard InChI is InChI=1S/C25H27FN2O5S/c1-4-18(2)28(25(29)27-22-10-6-8-12-24(22)32-3)17-19-9-5-7-11-23(19)33-34(30,31)21-15-13-20(26)14-16-21/h5-16,18H,4,17H2,1-3H3,(H,27,29). The van der Waals surface area contributed by atoms with Gasteiger partial charge in [-0.2, -0.15) is 8.42 Å². The van der Waals surface area contributed by atoms with E-state index in [2.05, 4.69) is 5.32 Å². The molecule has 0 fully saturated rings. The summed E-state index contributed by atoms with van der Waals surface area (Å²) in [7, 11) is -2.67. The fraction of sp³-hybridized carbons (Fsp3) is 0.240. The third kappa shape index (κ3) is 6.05. The minimum absolute atomic E-state index is 0.0882. The molecule has 34 heavy (non-hydrogen) atoms. The second kappa shape index (κ2) is 11.0. The zero-order valence-electron chi connectivity index (χ0n) is 19.2. The van der Waals surface area contributed by atoms with Gasteiger partial charge in [-0.1, -0.05) is 37.3 Å². The molecule has 0 spiro atoms. The van der Waals surface area contributed by atoms with Crippen LogP contribution in [0.15, 0.2) is 77.7 Å². The maximum absolute atomic E-state index is 13.2. The molecule has 0 aromatic heterocycles. The van der Waals surface area contributed by atoms with Crippen LogP contribution in [0.5, 0.6) is 11.5 Å². The number of hydrogen-bond acceptors (Lipinski definition) is 5. The molecule has 3 aromatic carbocycles. The van der Waals surface area contributed by atoms with E-state index in [0.717, 1.165) is 24.3 Å². The molecule has 0 aliphatic heterocycles. The number of rotatable bonds is 9. The van der Waals surface area contributed by atoms with Gasteiger partial charge in [0.25, 0.3) is 0 Å². The Morgan fingerprint density at radius 3 is 2.26 bits per heavy atom. The van der Waals surface area contributed by atoms with Gasteiger partial charge in [0.2, 0.25) is 0 Å². The molecule has 180 valence electrons. The van der Waals surface area contributed by atoms with Crippen LogP contribution in [0.25, 0.3) is 0 Å². The first-order valence-electron chi connectivity index (χ1n) is 10.7. The summed E-state index contributed by atoms with van der Waals surface area (Å²) in [5.41, 5.74) is 1.02. The van der Waals surface area contributed by atoms with E-state index in [1.165, 1.54) is 13.2 Å². The van der Waals surface area contributed by atoms with Crippen LogP contribution < -0.4 is 14.2 Å². The average molecular weight is 487 g/mol. The molecule has 1 atom stereocenters. The molecule has 3 rings (SSSR count). The summed E-state index contributed by atoms with van der Waals surface area (Å²) >= 11 is 0. The number of anilines is 1. The highest BCUT2D eigenvalue weighted by atomic mass is 32.2. The van der Waals surface area contributed by atoms with Crippen molar-refractivity contribution in [3.63, 3.8) is 0 Å². The topological polar surface area (TPSA) is 84.9 Å². The summed E-state index contributed by atoms with van der Waals surface area (Å²) < 4.78 is 49.4. The van der Waals surface area contributed by atoms with Crippen molar-refractivity contribution in [3.8, 4) is 11.5 Å². The lowest BCUT2D eigenvalue weighted by molar-refractivity contribution is 0.186. The molecule has 3 aromatic rings. The molecule has 7 nitrogen and oxygen atoms in total. The number of methoxy groups -OCH3 is 1. The maximum atomic E-state index is 13.2. The van der Waals surface area contributed by atoms with E-state index in [1.54, 1.807) is 47.4 Å². The second-order valence-electron chi connectivity index (χ2n) is 7.61. The van der Waals surface area contributed by atoms with Crippen LogP contribution >= 0.6 is 0 Å². The Labute approximate surface area is 199 Å². The van der Waals surface area contributed by atoms with E-state index in [0.29, 0.717) is 23.4 Å². The fourth-order valence-electron chi connectivity index (χ4n) is 3.25. The zero-order chi connectivity index (χ0) is 24.7. The summed E-state index contributed by atoms with van der Waals surface area (Å²) in [6.07, 6.45) is 0.677. The number of benzene rings is 3. The van der Waals surface area contributed by atoms with E-state index in [9.17, 15) is 17.6 Å². The number of para-hydroxylation sites is 3. The van der Waals surface area contributed by atoms with Crippen molar-refractivity contribution < 1.29 is 26.5 Å². The first-order chi connectivity index (χ1) is 16.2. The second-order valence-corrected chi connectivity index (χ2v) is 9.16. The van der Waals surface area contributed by atoms with Gasteiger partial charge in [-0.3, -0.25) is 0 Å². The summed E-state index contributed by atoms with van der Waals surface area (Å²) in [5, 5.41) is 2.86. The Hall–Kier alpha value is -3.59. The van der Waals surface area contributed by atoms with Gasteiger partial charge in [0.05, 0.1) is 19.3 Å². The highest BCUT2D eigenvalue weighted by molar-refractivity contribution is 7.87. The van der Waals surface area contributed by atoms with E-state index in [1.807, 2.05) is 13.8 Å². The van der Waals surface area contributed by atoms with E-state index in [4.69, 9.17) is 8.92 Å². The van der Waals surface area contributed by atoms with Crippen LogP contribution in [0, 0.1) is 5.82 Å². The third-order valence-corrected chi connectivity index (χ3v) is 6.60. The fourth-order valence-corrected chi connectivity index (χ4v) is 4.21. The lowest BCUT2D eigenvalue weighted by atomic mass is 10.1. The molecular weight excluding hydrogens is 459 g/mol. The summed E-state index contributed by atoms with van der Waals surface area (Å²) in [4.78, 5) is 14.6. The summed E-state index contributed by atoms with van der Waals surface area (Å²) in [6.45, 7) is 3.96. The van der Waals surface area contributed by atoms with Gasteiger partial charge in [0, 0.05) is 11.6 Å². The number of nitrogens with zero attached hydrogens (tertiary/aromatic N) is 1. The number of urea groups is 1. The van der Waals surface area contributed by atoms with Gasteiger partial charge in [0.15, 0.2) is 0 Å². The van der Waals surface area contributed by atoms with Gasteiger partial charge >= 0.3 is 16.1 Å². The van der Waals surface area contributed by atoms with Gasteiger partial charge in [-0.15, -0.1) is 0 Å². The number of ether oxygens (including phenoxy) is 1. The maximum Gasteiger partial charge on any atom is 0.339 e. The number of nitrogens with one attached hydrogen (secondary N) is 1. The lowest BCUT2D eigenvalue weighted by Gasteiger charge is -2.29. The Bertz CT molecular complexity index is 1230. The van der Waals surface area contributed by atoms with Crippen LogP contribution in [0.1, 0.15) is 25.8 Å². The Kier molecular flexibility index (Phi) is 8.12. The van der Waals surface area contributed by atoms with Crippen molar-refractivity contribution in [1.29, 1.82) is 0 Å². The SMILES string of the molecule is CCC(C)N(Cc1ccccc1OS(=O)(=O)c1ccc(F)cc1)C(=O)Nc1ccccc1OC. The van der Waals surface area contributed by atoms with Crippen molar-refractivity contribution in [1.82, 2.24) is 4.90 Å². The largest absolute Gasteiger partial charge is 0.495 e. The van der Waals surface area contributed by atoms with E-state index < -0.39 is 15.9 Å². The smallest absolute Gasteiger partial charge is 0.339 e. The first kappa shape index (κ1) is 25.0. The van der Waals surface area contributed by atoms with Crippen LogP contribution in [0.4, 0.5) is 14.9 Å². The van der Waals surface area contributed by atoms with Gasteiger partial charge in [-0.25, -0.2) is 9.18 Å². The number of hydrogen-bond donors (Lipinski definition) is 1. The molecule has 0 aliphatic carbocycles. The van der Waals surface area contributed by atoms with Crippen LogP contribution in [-0.4, -0.2) is 32.5 Å². The highest BCUT2D eigenvalue weighted by Crippen LogP contribution is 2.27. The van der Waals surface area contributed by atoms with Crippen LogP contribution in [-0.2, 0) is 16.7 Å². The monoisotopic (exact) mass is 486 g/mol. The molecule has 0 radical (unpaired) electrons. The Balaban J connectivity index is 1.86. The Morgan fingerprint density at radius 1 is 1.00 bits per heavy atom. The molecule has 0 aliphatic rings. The predicted molar refractivity (Wildman–Crippen MR) is 128 cm³/mol. The number of carbonyl (C=O) groups is 1. The first-order valence-corrected chi connectivity index (χ1v) is 12.1. The van der Waals surface area contributed by atoms with E-state index in [-0.39, 0.29) is 29.3 Å². The van der Waals surface area contributed by atoms with Crippen molar-refractivity contribution in [2.24, 2.45) is 0 Å². The normalized spacial score (nSPS) is 12.0. The molecule has 2 amide bonds. The minimum atomic E-state index is -4.19. The Morgan fingerprint density at radius 2 is 1.62 bits per heavy atom. The number of halogens is 1. The molecule has 1 unspecified atom stereocenters. The zero-order valence-corrected chi connectivity index (χ0v) is 20.0. The van der Waals surface area contributed by atoms with Gasteiger partial charge in [-0.05, 0) is 55.8 Å². The minimum Gasteiger partial charge on any atom is -0.495 e. The van der Waals surface area contributed by atoms with Gasteiger partial charge < -0.3 is 19.1 Å². The molecule has 0 heterocycles. The highest BCUT2D eigenvalue weighted by Gasteiger charge is 2.24. The molecule has 9 heteroatoms.